The molecule has 0 spiro atoms. The van der Waals surface area contributed by atoms with Crippen LogP contribution in [0.3, 0.4) is 0 Å². The number of nitrogens with one attached hydrogen (secondary N) is 1. The van der Waals surface area contributed by atoms with E-state index in [9.17, 15) is 26.4 Å². The van der Waals surface area contributed by atoms with Gasteiger partial charge in [0.25, 0.3) is 0 Å². The second-order valence-corrected chi connectivity index (χ2v) is 9.22. The first kappa shape index (κ1) is 22.3. The zero-order chi connectivity index (χ0) is 21.9. The Bertz CT molecular complexity index is 986. The molecule has 0 aliphatic carbocycles. The topological polar surface area (TPSA) is 66.5 Å². The number of carbonyl (C=O) groups excluding carboxylic acids is 1. The van der Waals surface area contributed by atoms with Crippen LogP contribution in [0.5, 0.6) is 0 Å². The molecule has 2 aromatic carbocycles. The van der Waals surface area contributed by atoms with Crippen LogP contribution in [-0.4, -0.2) is 31.7 Å². The summed E-state index contributed by atoms with van der Waals surface area (Å²) in [6.45, 7) is 1.85. The number of hydrogen-bond acceptors (Lipinski definition) is 3. The maximum Gasteiger partial charge on any atom is 0.417 e. The van der Waals surface area contributed by atoms with Crippen molar-refractivity contribution >= 4 is 15.9 Å². The summed E-state index contributed by atoms with van der Waals surface area (Å²) >= 11 is 0. The van der Waals surface area contributed by atoms with Crippen molar-refractivity contribution in [1.82, 2.24) is 9.62 Å². The minimum atomic E-state index is -4.77. The Kier molecular flexibility index (Phi) is 6.52. The molecule has 1 aliphatic heterocycles. The predicted octanol–water partition coefficient (Wildman–Crippen LogP) is 3.98. The molecular weight excluding hydrogens is 417 g/mol. The summed E-state index contributed by atoms with van der Waals surface area (Å²) in [6, 6.07) is 13.4. The summed E-state index contributed by atoms with van der Waals surface area (Å²) in [5.41, 5.74) is -0.226. The fourth-order valence-corrected chi connectivity index (χ4v) is 5.26. The number of amides is 1. The molecule has 1 atom stereocenters. The van der Waals surface area contributed by atoms with Gasteiger partial charge in [0, 0.05) is 19.0 Å². The quantitative estimate of drug-likeness (QED) is 0.765. The van der Waals surface area contributed by atoms with E-state index in [1.165, 1.54) is 6.07 Å². The van der Waals surface area contributed by atoms with Crippen molar-refractivity contribution in [3.63, 3.8) is 0 Å². The summed E-state index contributed by atoms with van der Waals surface area (Å²) in [4.78, 5) is 11.8. The highest BCUT2D eigenvalue weighted by atomic mass is 32.2. The van der Waals surface area contributed by atoms with Crippen LogP contribution in [0, 0.1) is 5.92 Å². The zero-order valence-electron chi connectivity index (χ0n) is 16.4. The summed E-state index contributed by atoms with van der Waals surface area (Å²) in [5.74, 6) is -0.570. The first-order valence-corrected chi connectivity index (χ1v) is 11.1. The summed E-state index contributed by atoms with van der Waals surface area (Å²) in [6.07, 6.45) is -4.27. The largest absolute Gasteiger partial charge is 0.417 e. The first-order chi connectivity index (χ1) is 14.1. The number of nitrogens with zero attached hydrogens (tertiary/aromatic N) is 1. The van der Waals surface area contributed by atoms with Crippen LogP contribution in [0.15, 0.2) is 59.5 Å². The fraction of sp³-hybridized carbons (Fsp3) is 0.381. The Morgan fingerprint density at radius 2 is 1.60 bits per heavy atom. The molecule has 2 aromatic rings. The predicted molar refractivity (Wildman–Crippen MR) is 106 cm³/mol. The number of sulfonamides is 1. The maximum atomic E-state index is 13.2. The Hall–Kier alpha value is -2.39. The molecule has 0 saturated carbocycles. The van der Waals surface area contributed by atoms with E-state index in [4.69, 9.17) is 0 Å². The minimum Gasteiger partial charge on any atom is -0.349 e. The van der Waals surface area contributed by atoms with Crippen molar-refractivity contribution in [2.75, 3.05) is 13.1 Å². The number of benzene rings is 2. The van der Waals surface area contributed by atoms with Gasteiger partial charge in [-0.05, 0) is 37.5 Å². The monoisotopic (exact) mass is 440 g/mol. The van der Waals surface area contributed by atoms with Crippen molar-refractivity contribution in [3.05, 3.63) is 65.7 Å². The van der Waals surface area contributed by atoms with Gasteiger partial charge in [0.1, 0.15) is 0 Å². The molecule has 0 aromatic heterocycles. The van der Waals surface area contributed by atoms with Crippen LogP contribution in [0.4, 0.5) is 13.2 Å². The molecule has 1 fully saturated rings. The minimum absolute atomic E-state index is 0.00761. The van der Waals surface area contributed by atoms with Crippen molar-refractivity contribution in [3.8, 4) is 0 Å². The Morgan fingerprint density at radius 1 is 1.03 bits per heavy atom. The lowest BCUT2D eigenvalue weighted by Crippen LogP contribution is -2.43. The SMILES string of the molecule is CC(NC(=O)C1CCN(S(=O)(=O)c2ccccc2C(F)(F)F)CC1)c1ccccc1. The van der Waals surface area contributed by atoms with Gasteiger partial charge in [-0.15, -0.1) is 0 Å². The van der Waals surface area contributed by atoms with Gasteiger partial charge in [-0.25, -0.2) is 8.42 Å². The second-order valence-electron chi connectivity index (χ2n) is 7.31. The van der Waals surface area contributed by atoms with Gasteiger partial charge in [0.05, 0.1) is 16.5 Å². The summed E-state index contributed by atoms with van der Waals surface area (Å²) in [7, 11) is -4.31. The lowest BCUT2D eigenvalue weighted by molar-refractivity contribution is -0.139. The highest BCUT2D eigenvalue weighted by molar-refractivity contribution is 7.89. The Labute approximate surface area is 173 Å². The van der Waals surface area contributed by atoms with Crippen LogP contribution in [0.2, 0.25) is 0 Å². The molecule has 1 saturated heterocycles. The molecule has 1 aliphatic rings. The molecule has 9 heteroatoms. The number of rotatable bonds is 5. The molecule has 1 heterocycles. The van der Waals surface area contributed by atoms with Gasteiger partial charge in [-0.2, -0.15) is 17.5 Å². The standard InChI is InChI=1S/C21H23F3N2O3S/c1-15(16-7-3-2-4-8-16)25-20(27)17-11-13-26(14-12-17)30(28,29)19-10-6-5-9-18(19)21(22,23)24/h2-10,15,17H,11-14H2,1H3,(H,25,27). The Balaban J connectivity index is 1.66. The van der Waals surface area contributed by atoms with Gasteiger partial charge in [0.2, 0.25) is 15.9 Å². The maximum absolute atomic E-state index is 13.2. The van der Waals surface area contributed by atoms with Crippen LogP contribution >= 0.6 is 0 Å². The molecule has 1 amide bonds. The fourth-order valence-electron chi connectivity index (χ4n) is 3.58. The van der Waals surface area contributed by atoms with E-state index in [1.807, 2.05) is 37.3 Å². The van der Waals surface area contributed by atoms with Gasteiger partial charge in [0.15, 0.2) is 0 Å². The molecule has 1 N–H and O–H groups in total. The smallest absolute Gasteiger partial charge is 0.349 e. The van der Waals surface area contributed by atoms with Gasteiger partial charge < -0.3 is 5.32 Å². The lowest BCUT2D eigenvalue weighted by Gasteiger charge is -2.31. The van der Waals surface area contributed by atoms with Crippen molar-refractivity contribution in [2.24, 2.45) is 5.92 Å². The van der Waals surface area contributed by atoms with E-state index < -0.39 is 26.7 Å². The molecule has 1 unspecified atom stereocenters. The Morgan fingerprint density at radius 3 is 2.20 bits per heavy atom. The number of halogens is 3. The number of alkyl halides is 3. The third-order valence-corrected chi connectivity index (χ3v) is 7.25. The van der Waals surface area contributed by atoms with E-state index in [-0.39, 0.29) is 43.8 Å². The molecule has 5 nitrogen and oxygen atoms in total. The average molecular weight is 440 g/mol. The van der Waals surface area contributed by atoms with Crippen molar-refractivity contribution < 1.29 is 26.4 Å². The van der Waals surface area contributed by atoms with Gasteiger partial charge >= 0.3 is 6.18 Å². The number of carbonyl (C=O) groups is 1. The second kappa shape index (κ2) is 8.77. The van der Waals surface area contributed by atoms with E-state index in [2.05, 4.69) is 5.32 Å². The molecule has 162 valence electrons. The van der Waals surface area contributed by atoms with Crippen molar-refractivity contribution in [1.29, 1.82) is 0 Å². The first-order valence-electron chi connectivity index (χ1n) is 9.62. The van der Waals surface area contributed by atoms with E-state index in [0.29, 0.717) is 0 Å². The number of hydrogen-bond donors (Lipinski definition) is 1. The van der Waals surface area contributed by atoms with Crippen molar-refractivity contribution in [2.45, 2.75) is 36.9 Å². The van der Waals surface area contributed by atoms with E-state index in [0.717, 1.165) is 28.1 Å². The van der Waals surface area contributed by atoms with Gasteiger partial charge in [-0.1, -0.05) is 42.5 Å². The van der Waals surface area contributed by atoms with Gasteiger partial charge in [-0.3, -0.25) is 4.79 Å². The normalized spacial score (nSPS) is 17.5. The zero-order valence-corrected chi connectivity index (χ0v) is 17.2. The molecule has 0 bridgehead atoms. The third-order valence-electron chi connectivity index (χ3n) is 5.29. The van der Waals surface area contributed by atoms with Crippen LogP contribution in [-0.2, 0) is 21.0 Å². The molecule has 30 heavy (non-hydrogen) atoms. The highest BCUT2D eigenvalue weighted by Gasteiger charge is 2.40. The van der Waals surface area contributed by atoms with E-state index in [1.54, 1.807) is 0 Å². The van der Waals surface area contributed by atoms with Crippen LogP contribution in [0.1, 0.15) is 36.9 Å². The molecule has 3 rings (SSSR count). The molecule has 0 radical (unpaired) electrons. The van der Waals surface area contributed by atoms with E-state index >= 15 is 0 Å². The number of piperidine rings is 1. The molecular formula is C21H23F3N2O3S. The van der Waals surface area contributed by atoms with Crippen LogP contribution < -0.4 is 5.32 Å². The average Bonchev–Trinajstić information content (AvgIpc) is 2.74. The van der Waals surface area contributed by atoms with Crippen LogP contribution in [0.25, 0.3) is 0 Å². The highest BCUT2D eigenvalue weighted by Crippen LogP contribution is 2.36. The third kappa shape index (κ3) is 4.84. The lowest BCUT2D eigenvalue weighted by atomic mass is 9.96. The summed E-state index contributed by atoms with van der Waals surface area (Å²) < 4.78 is 66.4. The summed E-state index contributed by atoms with van der Waals surface area (Å²) in [5, 5.41) is 2.92.